The summed E-state index contributed by atoms with van der Waals surface area (Å²) in [6, 6.07) is 3.78. The number of ether oxygens (including phenoxy) is 2. The minimum absolute atomic E-state index is 0.0133. The Balaban J connectivity index is 2.61. The third-order valence-corrected chi connectivity index (χ3v) is 3.48. The largest absolute Gasteiger partial charge is 0.490 e. The molecule has 1 aromatic heterocycles. The fraction of sp³-hybridized carbons (Fsp3) is 0.471. The summed E-state index contributed by atoms with van der Waals surface area (Å²) in [7, 11) is 0. The summed E-state index contributed by atoms with van der Waals surface area (Å²) in [5.74, 6) is 1.34. The molecule has 1 heterocycles. The molecule has 0 aliphatic carbocycles. The van der Waals surface area contributed by atoms with E-state index in [2.05, 4.69) is 0 Å². The molecule has 22 heavy (non-hydrogen) atoms. The lowest BCUT2D eigenvalue weighted by Crippen LogP contribution is -2.01. The van der Waals surface area contributed by atoms with Crippen molar-refractivity contribution in [2.75, 3.05) is 19.8 Å². The van der Waals surface area contributed by atoms with Crippen molar-refractivity contribution < 1.29 is 19.4 Å². The normalized spacial score (nSPS) is 10.9. The first-order chi connectivity index (χ1) is 10.6. The van der Waals surface area contributed by atoms with Crippen molar-refractivity contribution in [2.24, 2.45) is 0 Å². The molecule has 0 atom stereocenters. The molecule has 0 bridgehead atoms. The number of Topliss-reactive ketones (excluding diaryl/α,β-unsaturated/α-hetero) is 1. The van der Waals surface area contributed by atoms with Gasteiger partial charge < -0.3 is 19.1 Å². The summed E-state index contributed by atoms with van der Waals surface area (Å²) >= 11 is 0. The molecule has 0 aliphatic heterocycles. The molecule has 0 radical (unpaired) electrons. The molecule has 0 saturated heterocycles. The predicted molar refractivity (Wildman–Crippen MR) is 86.0 cm³/mol. The molecule has 0 amide bonds. The van der Waals surface area contributed by atoms with Gasteiger partial charge in [-0.05, 0) is 33.3 Å². The van der Waals surface area contributed by atoms with Crippen LogP contribution in [-0.4, -0.2) is 35.3 Å². The van der Waals surface area contributed by atoms with Crippen LogP contribution < -0.4 is 9.47 Å². The Hall–Kier alpha value is -2.01. The number of hydrogen-bond acceptors (Lipinski definition) is 4. The Morgan fingerprint density at radius 2 is 1.82 bits per heavy atom. The summed E-state index contributed by atoms with van der Waals surface area (Å²) in [5, 5.41) is 9.90. The van der Waals surface area contributed by atoms with E-state index in [1.165, 1.54) is 0 Å². The van der Waals surface area contributed by atoms with Crippen LogP contribution in [-0.2, 0) is 6.54 Å². The Morgan fingerprint density at radius 3 is 2.36 bits per heavy atom. The molecule has 5 heteroatoms. The van der Waals surface area contributed by atoms with Crippen molar-refractivity contribution in [1.82, 2.24) is 4.57 Å². The van der Waals surface area contributed by atoms with Gasteiger partial charge in [0, 0.05) is 36.4 Å². The van der Waals surface area contributed by atoms with Gasteiger partial charge in [-0.2, -0.15) is 0 Å². The molecule has 1 N–H and O–H groups in total. The average Bonchev–Trinajstić information content (AvgIpc) is 2.84. The van der Waals surface area contributed by atoms with Crippen LogP contribution in [0.3, 0.4) is 0 Å². The average molecular weight is 305 g/mol. The molecule has 0 fully saturated rings. The van der Waals surface area contributed by atoms with Crippen LogP contribution in [0.2, 0.25) is 0 Å². The fourth-order valence-corrected chi connectivity index (χ4v) is 2.54. The number of aromatic nitrogens is 1. The molecule has 0 saturated carbocycles. The highest BCUT2D eigenvalue weighted by Gasteiger charge is 2.16. The summed E-state index contributed by atoms with van der Waals surface area (Å²) in [6.07, 6.45) is 2.48. The molecule has 0 spiro atoms. The van der Waals surface area contributed by atoms with Gasteiger partial charge in [-0.1, -0.05) is 0 Å². The number of nitrogens with zero attached hydrogens (tertiary/aromatic N) is 1. The number of hydrogen-bond donors (Lipinski definition) is 1. The Labute approximate surface area is 130 Å². The van der Waals surface area contributed by atoms with Gasteiger partial charge in [0.05, 0.1) is 18.7 Å². The Bertz CT molecular complexity index is 660. The molecular weight excluding hydrogens is 282 g/mol. The van der Waals surface area contributed by atoms with Gasteiger partial charge in [0.1, 0.15) is 0 Å². The molecular formula is C17H23NO4. The number of aryl methyl sites for hydroxylation is 1. The van der Waals surface area contributed by atoms with Crippen molar-refractivity contribution in [2.45, 2.75) is 33.7 Å². The van der Waals surface area contributed by atoms with Crippen molar-refractivity contribution in [1.29, 1.82) is 0 Å². The van der Waals surface area contributed by atoms with Crippen molar-refractivity contribution >= 4 is 16.7 Å². The number of fused-ring (bicyclic) bond motifs is 1. The van der Waals surface area contributed by atoms with Crippen molar-refractivity contribution in [3.8, 4) is 11.5 Å². The number of aliphatic hydroxyl groups excluding tert-OH is 1. The third kappa shape index (κ3) is 3.25. The van der Waals surface area contributed by atoms with E-state index in [-0.39, 0.29) is 12.4 Å². The van der Waals surface area contributed by atoms with E-state index >= 15 is 0 Å². The van der Waals surface area contributed by atoms with Gasteiger partial charge in [0.2, 0.25) is 0 Å². The van der Waals surface area contributed by atoms with Crippen LogP contribution in [0.25, 0.3) is 10.9 Å². The van der Waals surface area contributed by atoms with E-state index < -0.39 is 0 Å². The Kier molecular flexibility index (Phi) is 5.44. The SMILES string of the molecule is CCOc1cc2c(C(C)=O)cn(CCCO)c2cc1OCC. The molecule has 0 aliphatic rings. The van der Waals surface area contributed by atoms with Gasteiger partial charge in [-0.25, -0.2) is 0 Å². The van der Waals surface area contributed by atoms with E-state index in [9.17, 15) is 4.79 Å². The molecule has 1 aromatic carbocycles. The maximum Gasteiger partial charge on any atom is 0.163 e. The van der Waals surface area contributed by atoms with Crippen LogP contribution in [0.1, 0.15) is 37.6 Å². The first-order valence-electron chi connectivity index (χ1n) is 7.66. The van der Waals surface area contributed by atoms with Gasteiger partial charge in [-0.15, -0.1) is 0 Å². The lowest BCUT2D eigenvalue weighted by atomic mass is 10.1. The fourth-order valence-electron chi connectivity index (χ4n) is 2.54. The smallest absolute Gasteiger partial charge is 0.163 e. The monoisotopic (exact) mass is 305 g/mol. The third-order valence-electron chi connectivity index (χ3n) is 3.48. The zero-order valence-electron chi connectivity index (χ0n) is 13.4. The second kappa shape index (κ2) is 7.31. The van der Waals surface area contributed by atoms with E-state index in [0.29, 0.717) is 43.2 Å². The van der Waals surface area contributed by atoms with Crippen LogP contribution in [0.15, 0.2) is 18.3 Å². The molecule has 2 aromatic rings. The van der Waals surface area contributed by atoms with Crippen molar-refractivity contribution in [3.05, 3.63) is 23.9 Å². The van der Waals surface area contributed by atoms with Crippen LogP contribution >= 0.6 is 0 Å². The first-order valence-corrected chi connectivity index (χ1v) is 7.66. The number of rotatable bonds is 8. The number of benzene rings is 1. The molecule has 5 nitrogen and oxygen atoms in total. The van der Waals surface area contributed by atoms with E-state index in [4.69, 9.17) is 14.6 Å². The zero-order valence-corrected chi connectivity index (χ0v) is 13.4. The summed E-state index contributed by atoms with van der Waals surface area (Å²) in [6.45, 7) is 7.24. The molecule has 0 unspecified atom stereocenters. The molecule has 2 rings (SSSR count). The first kappa shape index (κ1) is 16.4. The van der Waals surface area contributed by atoms with E-state index in [0.717, 1.165) is 10.9 Å². The summed E-state index contributed by atoms with van der Waals surface area (Å²) in [5.41, 5.74) is 1.59. The predicted octanol–water partition coefficient (Wildman–Crippen LogP) is 3.02. The van der Waals surface area contributed by atoms with Gasteiger partial charge in [0.15, 0.2) is 17.3 Å². The van der Waals surface area contributed by atoms with Crippen molar-refractivity contribution in [3.63, 3.8) is 0 Å². The van der Waals surface area contributed by atoms with Gasteiger partial charge >= 0.3 is 0 Å². The minimum atomic E-state index is 0.0133. The standard InChI is InChI=1S/C17H23NO4/c1-4-21-16-9-13-14(12(3)20)11-18(7-6-8-19)15(13)10-17(16)22-5-2/h9-11,19H,4-8H2,1-3H3. The summed E-state index contributed by atoms with van der Waals surface area (Å²) < 4.78 is 13.3. The highest BCUT2D eigenvalue weighted by Crippen LogP contribution is 2.35. The topological polar surface area (TPSA) is 60.7 Å². The highest BCUT2D eigenvalue weighted by atomic mass is 16.5. The lowest BCUT2D eigenvalue weighted by Gasteiger charge is -2.12. The van der Waals surface area contributed by atoms with E-state index in [1.807, 2.05) is 36.7 Å². The second-order valence-corrected chi connectivity index (χ2v) is 5.05. The number of aliphatic hydroxyl groups is 1. The van der Waals surface area contributed by atoms with Crippen LogP contribution in [0.5, 0.6) is 11.5 Å². The minimum Gasteiger partial charge on any atom is -0.490 e. The highest BCUT2D eigenvalue weighted by molar-refractivity contribution is 6.07. The van der Waals surface area contributed by atoms with Crippen LogP contribution in [0, 0.1) is 0 Å². The molecule has 120 valence electrons. The second-order valence-electron chi connectivity index (χ2n) is 5.05. The quantitative estimate of drug-likeness (QED) is 0.762. The maximum absolute atomic E-state index is 11.9. The number of carbonyl (C=O) groups excluding carboxylic acids is 1. The maximum atomic E-state index is 11.9. The van der Waals surface area contributed by atoms with Gasteiger partial charge in [-0.3, -0.25) is 4.79 Å². The van der Waals surface area contributed by atoms with E-state index in [1.54, 1.807) is 6.92 Å². The Morgan fingerprint density at radius 1 is 1.18 bits per heavy atom. The zero-order chi connectivity index (χ0) is 16.1. The number of carbonyl (C=O) groups is 1. The lowest BCUT2D eigenvalue weighted by molar-refractivity contribution is 0.101. The summed E-state index contributed by atoms with van der Waals surface area (Å²) in [4.78, 5) is 11.9. The number of ketones is 1. The van der Waals surface area contributed by atoms with Crippen LogP contribution in [0.4, 0.5) is 0 Å². The van der Waals surface area contributed by atoms with Gasteiger partial charge in [0.25, 0.3) is 0 Å².